The summed E-state index contributed by atoms with van der Waals surface area (Å²) in [5.41, 5.74) is 0.364. The van der Waals surface area contributed by atoms with E-state index in [4.69, 9.17) is 4.74 Å². The minimum absolute atomic E-state index is 0.0153. The Hall–Kier alpha value is 0.270. The Morgan fingerprint density at radius 3 is 2.53 bits per heavy atom. The van der Waals surface area contributed by atoms with Crippen LogP contribution in [0.25, 0.3) is 0 Å². The molecule has 2 aliphatic heterocycles. The van der Waals surface area contributed by atoms with Crippen molar-refractivity contribution in [3.8, 4) is 0 Å². The summed E-state index contributed by atoms with van der Waals surface area (Å²) >= 11 is 2.05. The summed E-state index contributed by atoms with van der Waals surface area (Å²) in [6, 6.07) is 0.606. The lowest BCUT2D eigenvalue weighted by molar-refractivity contribution is -0.127. The fourth-order valence-corrected chi connectivity index (χ4v) is 3.60. The summed E-state index contributed by atoms with van der Waals surface area (Å²) in [6.45, 7) is 7.89. The molecule has 15 heavy (non-hydrogen) atoms. The molecule has 1 N–H and O–H groups in total. The van der Waals surface area contributed by atoms with E-state index >= 15 is 0 Å². The lowest BCUT2D eigenvalue weighted by atomic mass is 9.82. The molecule has 3 heteroatoms. The van der Waals surface area contributed by atoms with Gasteiger partial charge >= 0.3 is 0 Å². The third-order valence-electron chi connectivity index (χ3n) is 3.57. The van der Waals surface area contributed by atoms with E-state index in [9.17, 15) is 0 Å². The molecule has 2 heterocycles. The molecule has 88 valence electrons. The normalized spacial score (nSPS) is 31.8. The zero-order valence-electron chi connectivity index (χ0n) is 10.1. The van der Waals surface area contributed by atoms with Gasteiger partial charge < -0.3 is 4.74 Å². The van der Waals surface area contributed by atoms with Crippen molar-refractivity contribution >= 4 is 11.8 Å². The molecule has 2 aliphatic rings. The first kappa shape index (κ1) is 11.7. The van der Waals surface area contributed by atoms with Gasteiger partial charge in [0.1, 0.15) is 5.72 Å². The second-order valence-electron chi connectivity index (χ2n) is 5.81. The van der Waals surface area contributed by atoms with Crippen LogP contribution in [-0.4, -0.2) is 29.9 Å². The van der Waals surface area contributed by atoms with Crippen molar-refractivity contribution in [3.63, 3.8) is 0 Å². The maximum atomic E-state index is 6.01. The molecule has 0 saturated carbocycles. The Labute approximate surface area is 97.5 Å². The van der Waals surface area contributed by atoms with E-state index in [1.54, 1.807) is 0 Å². The monoisotopic (exact) mass is 229 g/mol. The van der Waals surface area contributed by atoms with Gasteiger partial charge in [0, 0.05) is 6.04 Å². The van der Waals surface area contributed by atoms with Crippen molar-refractivity contribution in [3.05, 3.63) is 0 Å². The summed E-state index contributed by atoms with van der Waals surface area (Å²) in [5.74, 6) is 2.48. The summed E-state index contributed by atoms with van der Waals surface area (Å²) < 4.78 is 6.01. The third kappa shape index (κ3) is 2.69. The summed E-state index contributed by atoms with van der Waals surface area (Å²) in [7, 11) is 0. The van der Waals surface area contributed by atoms with Gasteiger partial charge in [0.15, 0.2) is 0 Å². The van der Waals surface area contributed by atoms with E-state index < -0.39 is 0 Å². The minimum Gasteiger partial charge on any atom is -0.361 e. The second kappa shape index (κ2) is 4.27. The molecule has 0 aromatic heterocycles. The smallest absolute Gasteiger partial charge is 0.121 e. The van der Waals surface area contributed by atoms with Crippen LogP contribution in [0.5, 0.6) is 0 Å². The first-order valence-electron chi connectivity index (χ1n) is 6.01. The Balaban J connectivity index is 2.02. The quantitative estimate of drug-likeness (QED) is 0.690. The third-order valence-corrected chi connectivity index (χ3v) is 4.55. The number of ether oxygens (including phenoxy) is 1. The van der Waals surface area contributed by atoms with Crippen LogP contribution in [0.4, 0.5) is 0 Å². The predicted molar refractivity (Wildman–Crippen MR) is 66.2 cm³/mol. The van der Waals surface area contributed by atoms with Crippen LogP contribution in [0.2, 0.25) is 0 Å². The van der Waals surface area contributed by atoms with E-state index in [1.807, 2.05) is 0 Å². The SMILES string of the molecule is CC(C)(C)C1CCOC2(CCSCC2)N1. The second-order valence-corrected chi connectivity index (χ2v) is 7.03. The van der Waals surface area contributed by atoms with E-state index in [-0.39, 0.29) is 5.72 Å². The maximum absolute atomic E-state index is 6.01. The average Bonchev–Trinajstić information content (AvgIpc) is 2.18. The summed E-state index contributed by atoms with van der Waals surface area (Å²) in [5, 5.41) is 3.77. The molecule has 0 amide bonds. The molecule has 0 aromatic carbocycles. The molecule has 0 aromatic rings. The van der Waals surface area contributed by atoms with E-state index in [0.29, 0.717) is 11.5 Å². The number of thioether (sulfide) groups is 1. The van der Waals surface area contributed by atoms with Crippen molar-refractivity contribution in [2.75, 3.05) is 18.1 Å². The van der Waals surface area contributed by atoms with E-state index in [0.717, 1.165) is 13.0 Å². The van der Waals surface area contributed by atoms with Crippen LogP contribution in [0, 0.1) is 5.41 Å². The molecular weight excluding hydrogens is 206 g/mol. The van der Waals surface area contributed by atoms with Crippen molar-refractivity contribution < 1.29 is 4.74 Å². The Morgan fingerprint density at radius 2 is 1.93 bits per heavy atom. The molecule has 2 fully saturated rings. The molecule has 1 spiro atoms. The van der Waals surface area contributed by atoms with E-state index in [1.165, 1.54) is 24.3 Å². The number of hydrogen-bond acceptors (Lipinski definition) is 3. The lowest BCUT2D eigenvalue weighted by Crippen LogP contribution is -2.61. The molecule has 2 rings (SSSR count). The van der Waals surface area contributed by atoms with Crippen LogP contribution in [0.3, 0.4) is 0 Å². The average molecular weight is 229 g/mol. The van der Waals surface area contributed by atoms with E-state index in [2.05, 4.69) is 37.8 Å². The van der Waals surface area contributed by atoms with Crippen molar-refractivity contribution in [2.45, 2.75) is 51.8 Å². The van der Waals surface area contributed by atoms with Crippen LogP contribution >= 0.6 is 11.8 Å². The van der Waals surface area contributed by atoms with Gasteiger partial charge in [-0.1, -0.05) is 20.8 Å². The first-order valence-corrected chi connectivity index (χ1v) is 7.17. The zero-order valence-corrected chi connectivity index (χ0v) is 11.0. The molecule has 1 atom stereocenters. The van der Waals surface area contributed by atoms with Crippen LogP contribution in [-0.2, 0) is 4.74 Å². The Bertz CT molecular complexity index is 213. The van der Waals surface area contributed by atoms with Gasteiger partial charge in [0.05, 0.1) is 6.61 Å². The molecule has 0 aliphatic carbocycles. The fraction of sp³-hybridized carbons (Fsp3) is 1.00. The maximum Gasteiger partial charge on any atom is 0.121 e. The zero-order chi connectivity index (χ0) is 10.9. The van der Waals surface area contributed by atoms with Gasteiger partial charge in [0.2, 0.25) is 0 Å². The molecular formula is C12H23NOS. The summed E-state index contributed by atoms with van der Waals surface area (Å²) in [6.07, 6.45) is 3.49. The lowest BCUT2D eigenvalue weighted by Gasteiger charge is -2.48. The highest BCUT2D eigenvalue weighted by Crippen LogP contribution is 2.35. The predicted octanol–water partition coefficient (Wildman–Crippen LogP) is 2.63. The Kier molecular flexibility index (Phi) is 3.34. The highest BCUT2D eigenvalue weighted by Gasteiger charge is 2.41. The molecule has 2 saturated heterocycles. The highest BCUT2D eigenvalue weighted by molar-refractivity contribution is 7.99. The van der Waals surface area contributed by atoms with Crippen molar-refractivity contribution in [2.24, 2.45) is 5.41 Å². The van der Waals surface area contributed by atoms with Crippen LogP contribution in [0.15, 0.2) is 0 Å². The molecule has 0 radical (unpaired) electrons. The standard InChI is InChI=1S/C12H23NOS/c1-11(2,3)10-4-7-14-12(13-10)5-8-15-9-6-12/h10,13H,4-9H2,1-3H3. The largest absolute Gasteiger partial charge is 0.361 e. The van der Waals surface area contributed by atoms with Gasteiger partial charge in [0.25, 0.3) is 0 Å². The van der Waals surface area contributed by atoms with Crippen molar-refractivity contribution in [1.29, 1.82) is 0 Å². The summed E-state index contributed by atoms with van der Waals surface area (Å²) in [4.78, 5) is 0. The number of nitrogens with one attached hydrogen (secondary N) is 1. The first-order chi connectivity index (χ1) is 7.02. The molecule has 2 nitrogen and oxygen atoms in total. The molecule has 1 unspecified atom stereocenters. The van der Waals surface area contributed by atoms with Gasteiger partial charge in [-0.2, -0.15) is 11.8 Å². The fourth-order valence-electron chi connectivity index (χ4n) is 2.44. The Morgan fingerprint density at radius 1 is 1.27 bits per heavy atom. The highest BCUT2D eigenvalue weighted by atomic mass is 32.2. The molecule has 0 bridgehead atoms. The van der Waals surface area contributed by atoms with Gasteiger partial charge in [-0.25, -0.2) is 0 Å². The van der Waals surface area contributed by atoms with Gasteiger partial charge in [-0.15, -0.1) is 0 Å². The van der Waals surface area contributed by atoms with Crippen molar-refractivity contribution in [1.82, 2.24) is 5.32 Å². The number of hydrogen-bond donors (Lipinski definition) is 1. The minimum atomic E-state index is 0.0153. The number of rotatable bonds is 0. The van der Waals surface area contributed by atoms with Gasteiger partial charge in [-0.3, -0.25) is 5.32 Å². The van der Waals surface area contributed by atoms with Crippen LogP contribution in [0.1, 0.15) is 40.0 Å². The van der Waals surface area contributed by atoms with Crippen LogP contribution < -0.4 is 5.32 Å². The van der Waals surface area contributed by atoms with Gasteiger partial charge in [-0.05, 0) is 36.2 Å². The topological polar surface area (TPSA) is 21.3 Å².